The van der Waals surface area contributed by atoms with Gasteiger partial charge in [-0.25, -0.2) is 19.3 Å². The lowest BCUT2D eigenvalue weighted by atomic mass is 10.2. The number of anilines is 1. The van der Waals surface area contributed by atoms with E-state index in [4.69, 9.17) is 6.11 Å². The molecule has 0 saturated carbocycles. The van der Waals surface area contributed by atoms with Crippen molar-refractivity contribution in [2.24, 2.45) is 0 Å². The molecule has 1 amide bonds. The van der Waals surface area contributed by atoms with Crippen LogP contribution in [0, 0.1) is 0 Å². The largest absolute Gasteiger partial charge is 0.387 e. The van der Waals surface area contributed by atoms with Gasteiger partial charge in [0.1, 0.15) is 12.4 Å². The van der Waals surface area contributed by atoms with Crippen LogP contribution in [0.4, 0.5) is 10.2 Å². The first-order valence-corrected chi connectivity index (χ1v) is 7.91. The lowest BCUT2D eigenvalue weighted by Gasteiger charge is -2.14. The second-order valence-electron chi connectivity index (χ2n) is 5.87. The number of alkyl halides is 1. The van der Waals surface area contributed by atoms with Gasteiger partial charge in [0.05, 0.1) is 12.4 Å². The van der Waals surface area contributed by atoms with E-state index < -0.39 is 24.6 Å². The van der Waals surface area contributed by atoms with E-state index in [2.05, 4.69) is 20.3 Å². The molecule has 0 aliphatic carbocycles. The van der Waals surface area contributed by atoms with Crippen LogP contribution in [0.5, 0.6) is 0 Å². The Hall–Kier alpha value is -2.91. The van der Waals surface area contributed by atoms with Crippen molar-refractivity contribution in [1.82, 2.24) is 19.5 Å². The van der Waals surface area contributed by atoms with Crippen LogP contribution in [0.2, 0.25) is 0 Å². The molecule has 0 bridgehead atoms. The standard InChI is InChI=1S/C17H16FN5O3/c1-9-13(24)11(18)17(26-9)23-8-21-12-14(19-7-20-15(12)23)22-16(25)10-5-3-2-4-6-10/h2-9,11,13,17,24H,1H3,(H,19,20,22,25)/t9-,11-,13-,17-/m1/s1/i1D. The number of ether oxygens (including phenoxy) is 1. The number of carbonyl (C=O) groups excluding carboxylic acids is 1. The summed E-state index contributed by atoms with van der Waals surface area (Å²) in [6, 6.07) is 8.61. The smallest absolute Gasteiger partial charge is 0.256 e. The molecule has 1 saturated heterocycles. The Morgan fingerprint density at radius 3 is 2.88 bits per heavy atom. The van der Waals surface area contributed by atoms with Crippen LogP contribution in [0.25, 0.3) is 11.2 Å². The molecule has 4 atom stereocenters. The number of aliphatic hydroxyl groups is 1. The maximum absolute atomic E-state index is 14.4. The fourth-order valence-corrected chi connectivity index (χ4v) is 2.83. The molecule has 4 rings (SSSR count). The molecule has 2 N–H and O–H groups in total. The Bertz CT molecular complexity index is 970. The summed E-state index contributed by atoms with van der Waals surface area (Å²) in [5, 5.41) is 12.5. The monoisotopic (exact) mass is 358 g/mol. The highest BCUT2D eigenvalue weighted by Gasteiger charge is 2.43. The number of nitrogens with zero attached hydrogens (tertiary/aromatic N) is 4. The van der Waals surface area contributed by atoms with Gasteiger partial charge in [-0.05, 0) is 19.0 Å². The fraction of sp³-hybridized carbons (Fsp3) is 0.294. The van der Waals surface area contributed by atoms with Crippen LogP contribution in [0.15, 0.2) is 43.0 Å². The summed E-state index contributed by atoms with van der Waals surface area (Å²) < 4.78 is 28.5. The van der Waals surface area contributed by atoms with Gasteiger partial charge in [-0.3, -0.25) is 9.36 Å². The van der Waals surface area contributed by atoms with Crippen molar-refractivity contribution in [1.29, 1.82) is 0 Å². The van der Waals surface area contributed by atoms with Gasteiger partial charge < -0.3 is 15.2 Å². The average Bonchev–Trinajstić information content (AvgIpc) is 3.25. The molecule has 1 aliphatic rings. The highest BCUT2D eigenvalue weighted by molar-refractivity contribution is 6.06. The highest BCUT2D eigenvalue weighted by Crippen LogP contribution is 2.33. The maximum atomic E-state index is 14.4. The molecule has 9 heteroatoms. The molecule has 8 nitrogen and oxygen atoms in total. The number of aliphatic hydroxyl groups excluding tert-OH is 1. The second-order valence-corrected chi connectivity index (χ2v) is 5.87. The summed E-state index contributed by atoms with van der Waals surface area (Å²) in [6.07, 6.45) is -2.68. The Labute approximate surface area is 149 Å². The molecule has 2 aromatic heterocycles. The van der Waals surface area contributed by atoms with E-state index in [0.717, 1.165) is 0 Å². The predicted molar refractivity (Wildman–Crippen MR) is 90.2 cm³/mol. The molecule has 1 aliphatic heterocycles. The highest BCUT2D eigenvalue weighted by atomic mass is 19.1. The Kier molecular flexibility index (Phi) is 3.80. The molecular formula is C17H16FN5O3. The summed E-state index contributed by atoms with van der Waals surface area (Å²) in [5.41, 5.74) is 0.966. The summed E-state index contributed by atoms with van der Waals surface area (Å²) in [6.45, 7) is -0.266. The lowest BCUT2D eigenvalue weighted by Crippen LogP contribution is -2.26. The van der Waals surface area contributed by atoms with Gasteiger partial charge in [0.15, 0.2) is 29.4 Å². The Balaban J connectivity index is 1.65. The minimum Gasteiger partial charge on any atom is -0.387 e. The van der Waals surface area contributed by atoms with Crippen molar-refractivity contribution in [2.45, 2.75) is 31.5 Å². The first-order valence-electron chi connectivity index (χ1n) is 8.61. The summed E-state index contributed by atoms with van der Waals surface area (Å²) in [7, 11) is 0. The summed E-state index contributed by atoms with van der Waals surface area (Å²) in [4.78, 5) is 24.7. The van der Waals surface area contributed by atoms with Crippen LogP contribution >= 0.6 is 0 Å². The van der Waals surface area contributed by atoms with E-state index in [0.29, 0.717) is 5.56 Å². The number of benzene rings is 1. The zero-order chi connectivity index (χ0) is 19.0. The summed E-state index contributed by atoms with van der Waals surface area (Å²) >= 11 is 0. The molecular weight excluding hydrogens is 341 g/mol. The first kappa shape index (κ1) is 15.4. The normalized spacial score (nSPS) is 26.0. The van der Waals surface area contributed by atoms with E-state index in [1.807, 2.05) is 0 Å². The number of hydrogen-bond acceptors (Lipinski definition) is 6. The minimum absolute atomic E-state index is 0.179. The van der Waals surface area contributed by atoms with Crippen LogP contribution < -0.4 is 5.32 Å². The number of hydrogen-bond donors (Lipinski definition) is 2. The second kappa shape index (κ2) is 6.43. The first-order chi connectivity index (χ1) is 13.1. The van der Waals surface area contributed by atoms with E-state index >= 15 is 0 Å². The van der Waals surface area contributed by atoms with Crippen LogP contribution in [0.3, 0.4) is 0 Å². The fourth-order valence-electron chi connectivity index (χ4n) is 2.83. The minimum atomic E-state index is -1.73. The zero-order valence-electron chi connectivity index (χ0n) is 14.5. The van der Waals surface area contributed by atoms with Crippen LogP contribution in [-0.4, -0.2) is 48.9 Å². The van der Waals surface area contributed by atoms with Crippen molar-refractivity contribution in [3.05, 3.63) is 48.5 Å². The quantitative estimate of drug-likeness (QED) is 0.739. The van der Waals surface area contributed by atoms with Crippen LogP contribution in [0.1, 0.15) is 24.9 Å². The van der Waals surface area contributed by atoms with Gasteiger partial charge in [-0.15, -0.1) is 0 Å². The number of imidazole rings is 1. The number of halogens is 1. The van der Waals surface area contributed by atoms with Gasteiger partial charge >= 0.3 is 0 Å². The van der Waals surface area contributed by atoms with E-state index in [1.54, 1.807) is 30.3 Å². The van der Waals surface area contributed by atoms with Gasteiger partial charge in [-0.1, -0.05) is 18.2 Å². The maximum Gasteiger partial charge on any atom is 0.256 e. The third-order valence-electron chi connectivity index (χ3n) is 4.19. The molecule has 3 aromatic rings. The van der Waals surface area contributed by atoms with Crippen LogP contribution in [-0.2, 0) is 4.74 Å². The van der Waals surface area contributed by atoms with Crippen molar-refractivity contribution < 1.29 is 20.4 Å². The SMILES string of the molecule is [2H]C[C@H]1O[C@@H](n2cnc3c(NC(=O)c4ccccc4)ncnc32)[C@H](F)[C@@H]1O. The number of nitrogens with one attached hydrogen (secondary N) is 1. The molecule has 134 valence electrons. The van der Waals surface area contributed by atoms with Crippen molar-refractivity contribution >= 4 is 22.9 Å². The number of aromatic nitrogens is 4. The van der Waals surface area contributed by atoms with Crippen molar-refractivity contribution in [2.75, 3.05) is 5.32 Å². The van der Waals surface area contributed by atoms with Gasteiger partial charge in [-0.2, -0.15) is 0 Å². The van der Waals surface area contributed by atoms with E-state index in [1.165, 1.54) is 17.2 Å². The molecule has 26 heavy (non-hydrogen) atoms. The molecule has 0 radical (unpaired) electrons. The molecule has 0 spiro atoms. The lowest BCUT2D eigenvalue weighted by molar-refractivity contribution is -0.0137. The molecule has 0 unspecified atom stereocenters. The third-order valence-corrected chi connectivity index (χ3v) is 4.19. The number of amides is 1. The zero-order valence-corrected chi connectivity index (χ0v) is 13.5. The van der Waals surface area contributed by atoms with Gasteiger partial charge in [0.2, 0.25) is 0 Å². The summed E-state index contributed by atoms with van der Waals surface area (Å²) in [5.74, 6) is -0.186. The van der Waals surface area contributed by atoms with Gasteiger partial charge in [0, 0.05) is 6.93 Å². The van der Waals surface area contributed by atoms with Gasteiger partial charge in [0.25, 0.3) is 5.91 Å². The topological polar surface area (TPSA) is 102 Å². The molecule has 3 heterocycles. The van der Waals surface area contributed by atoms with E-state index in [-0.39, 0.29) is 29.8 Å². The third kappa shape index (κ3) is 2.71. The number of rotatable bonds is 3. The average molecular weight is 358 g/mol. The molecule has 1 aromatic carbocycles. The molecule has 1 fully saturated rings. The number of fused-ring (bicyclic) bond motifs is 1. The number of carbonyl (C=O) groups is 1. The van der Waals surface area contributed by atoms with Crippen molar-refractivity contribution in [3.8, 4) is 0 Å². The Morgan fingerprint density at radius 1 is 1.35 bits per heavy atom. The predicted octanol–water partition coefficient (Wildman–Crippen LogP) is 1.69. The van der Waals surface area contributed by atoms with E-state index in [9.17, 15) is 14.3 Å². The Morgan fingerprint density at radius 2 is 2.15 bits per heavy atom. The van der Waals surface area contributed by atoms with Crippen molar-refractivity contribution in [3.63, 3.8) is 0 Å².